The Morgan fingerprint density at radius 2 is 1.89 bits per heavy atom. The molecule has 8 heteroatoms. The lowest BCUT2D eigenvalue weighted by Crippen LogP contribution is -2.29. The zero-order valence-electron chi connectivity index (χ0n) is 15.8. The third kappa shape index (κ3) is 3.75. The first kappa shape index (κ1) is 19.2. The lowest BCUT2D eigenvalue weighted by Gasteiger charge is -2.13. The molecule has 0 aliphatic heterocycles. The highest BCUT2D eigenvalue weighted by Gasteiger charge is 2.19. The molecule has 28 heavy (non-hydrogen) atoms. The van der Waals surface area contributed by atoms with Crippen molar-refractivity contribution in [2.75, 3.05) is 5.32 Å². The molecule has 0 fully saturated rings. The number of nitrogens with zero attached hydrogens (tertiary/aromatic N) is 3. The molecule has 0 radical (unpaired) electrons. The number of amides is 1. The van der Waals surface area contributed by atoms with Crippen molar-refractivity contribution in [1.29, 1.82) is 0 Å². The summed E-state index contributed by atoms with van der Waals surface area (Å²) in [5.74, 6) is -0.362. The summed E-state index contributed by atoms with van der Waals surface area (Å²) in [5, 5.41) is 18.8. The fourth-order valence-corrected chi connectivity index (χ4v) is 2.91. The van der Waals surface area contributed by atoms with Crippen LogP contribution in [0.15, 0.2) is 47.3 Å². The number of nitrogens with one attached hydrogen (secondary N) is 1. The summed E-state index contributed by atoms with van der Waals surface area (Å²) in [6.07, 6.45) is 0. The van der Waals surface area contributed by atoms with Crippen LogP contribution in [0.4, 0.5) is 11.4 Å². The molecule has 8 nitrogen and oxygen atoms in total. The summed E-state index contributed by atoms with van der Waals surface area (Å²) >= 11 is 0. The quantitative estimate of drug-likeness (QED) is 0.538. The van der Waals surface area contributed by atoms with Crippen molar-refractivity contribution in [3.63, 3.8) is 0 Å². The second-order valence-corrected chi connectivity index (χ2v) is 6.99. The van der Waals surface area contributed by atoms with Crippen LogP contribution in [0.25, 0.3) is 10.8 Å². The number of non-ortho nitro benzene ring substituents is 1. The maximum absolute atomic E-state index is 13.0. The Balaban J connectivity index is 2.09. The maximum Gasteiger partial charge on any atom is 0.276 e. The fourth-order valence-electron chi connectivity index (χ4n) is 2.91. The van der Waals surface area contributed by atoms with E-state index in [4.69, 9.17) is 0 Å². The van der Waals surface area contributed by atoms with Gasteiger partial charge in [0.25, 0.3) is 17.2 Å². The SMILES string of the molecule is Cc1ccc([N+](=O)[O-])cc1NC(=O)c1nn(CC(C)C)c(=O)c2ccccc12. The summed E-state index contributed by atoms with van der Waals surface area (Å²) in [7, 11) is 0. The van der Waals surface area contributed by atoms with E-state index in [2.05, 4.69) is 10.4 Å². The zero-order valence-corrected chi connectivity index (χ0v) is 15.8. The smallest absolute Gasteiger partial charge is 0.276 e. The zero-order chi connectivity index (χ0) is 20.4. The average Bonchev–Trinajstić information content (AvgIpc) is 2.65. The van der Waals surface area contributed by atoms with Crippen molar-refractivity contribution < 1.29 is 9.72 Å². The van der Waals surface area contributed by atoms with Gasteiger partial charge in [-0.25, -0.2) is 4.68 Å². The summed E-state index contributed by atoms with van der Waals surface area (Å²) in [5.41, 5.74) is 0.725. The highest BCUT2D eigenvalue weighted by atomic mass is 16.6. The molecule has 1 aromatic heterocycles. The normalized spacial score (nSPS) is 11.0. The monoisotopic (exact) mass is 380 g/mol. The minimum Gasteiger partial charge on any atom is -0.320 e. The molecule has 3 rings (SSSR count). The Bertz CT molecular complexity index is 1130. The summed E-state index contributed by atoms with van der Waals surface area (Å²) in [6, 6.07) is 11.0. The summed E-state index contributed by atoms with van der Waals surface area (Å²) in [6.45, 7) is 6.02. The first-order valence-corrected chi connectivity index (χ1v) is 8.84. The molecule has 1 heterocycles. The lowest BCUT2D eigenvalue weighted by molar-refractivity contribution is -0.384. The van der Waals surface area contributed by atoms with E-state index in [-0.39, 0.29) is 22.9 Å². The van der Waals surface area contributed by atoms with Crippen molar-refractivity contribution in [3.8, 4) is 0 Å². The van der Waals surface area contributed by atoms with Crippen LogP contribution in [0, 0.1) is 23.0 Å². The first-order chi connectivity index (χ1) is 13.3. The van der Waals surface area contributed by atoms with Gasteiger partial charge in [0.2, 0.25) is 0 Å². The fraction of sp³-hybridized carbons (Fsp3) is 0.250. The largest absolute Gasteiger partial charge is 0.320 e. The topological polar surface area (TPSA) is 107 Å². The van der Waals surface area contributed by atoms with Crippen molar-refractivity contribution in [2.45, 2.75) is 27.3 Å². The number of nitro groups is 1. The van der Waals surface area contributed by atoms with E-state index in [1.165, 1.54) is 16.8 Å². The number of carbonyl (C=O) groups is 1. The molecule has 144 valence electrons. The van der Waals surface area contributed by atoms with Gasteiger partial charge in [-0.3, -0.25) is 19.7 Å². The van der Waals surface area contributed by atoms with E-state index in [1.54, 1.807) is 37.3 Å². The van der Waals surface area contributed by atoms with Gasteiger partial charge in [0.05, 0.1) is 16.0 Å². The first-order valence-electron chi connectivity index (χ1n) is 8.84. The van der Waals surface area contributed by atoms with Crippen LogP contribution >= 0.6 is 0 Å². The Morgan fingerprint density at radius 1 is 1.21 bits per heavy atom. The van der Waals surface area contributed by atoms with E-state index < -0.39 is 10.8 Å². The van der Waals surface area contributed by atoms with E-state index in [0.29, 0.717) is 28.6 Å². The number of hydrogen-bond donors (Lipinski definition) is 1. The molecule has 0 bridgehead atoms. The average molecular weight is 380 g/mol. The van der Waals surface area contributed by atoms with Crippen LogP contribution in [-0.4, -0.2) is 20.6 Å². The van der Waals surface area contributed by atoms with E-state index in [0.717, 1.165) is 0 Å². The van der Waals surface area contributed by atoms with Crippen LogP contribution in [-0.2, 0) is 6.54 Å². The number of rotatable bonds is 5. The third-order valence-electron chi connectivity index (χ3n) is 4.30. The van der Waals surface area contributed by atoms with Crippen molar-refractivity contribution in [2.24, 2.45) is 5.92 Å². The third-order valence-corrected chi connectivity index (χ3v) is 4.30. The van der Waals surface area contributed by atoms with Crippen LogP contribution in [0.3, 0.4) is 0 Å². The van der Waals surface area contributed by atoms with Crippen LogP contribution in [0.1, 0.15) is 29.9 Å². The molecule has 0 unspecified atom stereocenters. The van der Waals surface area contributed by atoms with Crippen LogP contribution in [0.5, 0.6) is 0 Å². The van der Waals surface area contributed by atoms with E-state index in [1.807, 2.05) is 13.8 Å². The highest BCUT2D eigenvalue weighted by Crippen LogP contribution is 2.23. The molecule has 1 N–H and O–H groups in total. The summed E-state index contributed by atoms with van der Waals surface area (Å²) < 4.78 is 1.29. The minimum absolute atomic E-state index is 0.0988. The second-order valence-electron chi connectivity index (χ2n) is 6.99. The number of carbonyl (C=O) groups excluding carboxylic acids is 1. The van der Waals surface area contributed by atoms with Gasteiger partial charge in [-0.15, -0.1) is 0 Å². The van der Waals surface area contributed by atoms with Crippen molar-refractivity contribution in [1.82, 2.24) is 9.78 Å². The minimum atomic E-state index is -0.530. The molecule has 3 aromatic rings. The Hall–Kier alpha value is -3.55. The van der Waals surface area contributed by atoms with Gasteiger partial charge in [0.15, 0.2) is 5.69 Å². The molecule has 0 aliphatic rings. The molecule has 0 saturated heterocycles. The van der Waals surface area contributed by atoms with Crippen LogP contribution < -0.4 is 10.9 Å². The van der Waals surface area contributed by atoms with E-state index >= 15 is 0 Å². The van der Waals surface area contributed by atoms with Gasteiger partial charge in [-0.1, -0.05) is 38.1 Å². The predicted octanol–water partition coefficient (Wildman–Crippen LogP) is 3.52. The van der Waals surface area contributed by atoms with Crippen molar-refractivity contribution in [3.05, 3.63) is 74.2 Å². The molecular weight excluding hydrogens is 360 g/mol. The Morgan fingerprint density at radius 3 is 2.54 bits per heavy atom. The molecule has 1 amide bonds. The van der Waals surface area contributed by atoms with Gasteiger partial charge >= 0.3 is 0 Å². The molecule has 0 atom stereocenters. The lowest BCUT2D eigenvalue weighted by atomic mass is 10.1. The maximum atomic E-state index is 13.0. The number of anilines is 1. The number of benzene rings is 2. The number of aromatic nitrogens is 2. The number of hydrogen-bond acceptors (Lipinski definition) is 5. The molecule has 2 aromatic carbocycles. The highest BCUT2D eigenvalue weighted by molar-refractivity contribution is 6.11. The molecular formula is C20H20N4O4. The summed E-state index contributed by atoms with van der Waals surface area (Å²) in [4.78, 5) is 36.1. The van der Waals surface area contributed by atoms with Gasteiger partial charge in [-0.2, -0.15) is 5.10 Å². The number of fused-ring (bicyclic) bond motifs is 1. The van der Waals surface area contributed by atoms with Gasteiger partial charge in [0, 0.05) is 24.1 Å². The molecule has 0 saturated carbocycles. The van der Waals surface area contributed by atoms with Gasteiger partial charge < -0.3 is 5.32 Å². The predicted molar refractivity (Wildman–Crippen MR) is 107 cm³/mol. The standard InChI is InChI=1S/C20H20N4O4/c1-12(2)11-23-20(26)16-7-5-4-6-15(16)18(22-23)19(25)21-17-10-14(24(27)28)9-8-13(17)3/h4-10,12H,11H2,1-3H3,(H,21,25). The Labute approximate surface area is 161 Å². The number of aryl methyl sites for hydroxylation is 1. The Kier molecular flexibility index (Phi) is 5.21. The van der Waals surface area contributed by atoms with E-state index in [9.17, 15) is 19.7 Å². The van der Waals surface area contributed by atoms with Crippen LogP contribution in [0.2, 0.25) is 0 Å². The van der Waals surface area contributed by atoms with Gasteiger partial charge in [0.1, 0.15) is 0 Å². The van der Waals surface area contributed by atoms with Crippen molar-refractivity contribution >= 4 is 28.1 Å². The molecule has 0 aliphatic carbocycles. The molecule has 0 spiro atoms. The second kappa shape index (κ2) is 7.59. The van der Waals surface area contributed by atoms with Gasteiger partial charge in [-0.05, 0) is 24.5 Å². The number of nitro benzene ring substituents is 1.